The molecular weight excluding hydrogens is 414 g/mol. The minimum absolute atomic E-state index is 0.240. The second-order valence-electron chi connectivity index (χ2n) is 7.88. The Morgan fingerprint density at radius 2 is 1.27 bits per heavy atom. The van der Waals surface area contributed by atoms with Gasteiger partial charge in [0.15, 0.2) is 11.5 Å². The van der Waals surface area contributed by atoms with E-state index < -0.39 is 0 Å². The van der Waals surface area contributed by atoms with Crippen LogP contribution in [0.3, 0.4) is 0 Å². The van der Waals surface area contributed by atoms with Crippen LogP contribution in [0, 0.1) is 0 Å². The summed E-state index contributed by atoms with van der Waals surface area (Å²) in [6.45, 7) is 3.55. The summed E-state index contributed by atoms with van der Waals surface area (Å²) in [7, 11) is 4.85. The van der Waals surface area contributed by atoms with Crippen LogP contribution in [0.15, 0.2) is 77.9 Å². The van der Waals surface area contributed by atoms with Gasteiger partial charge in [-0.25, -0.2) is 0 Å². The number of piperazine rings is 1. The largest absolute Gasteiger partial charge is 0.493 e. The second kappa shape index (κ2) is 10.9. The number of hydrogen-bond acceptors (Lipinski definition) is 6. The van der Waals surface area contributed by atoms with Crippen LogP contribution in [0.5, 0.6) is 17.2 Å². The van der Waals surface area contributed by atoms with Crippen LogP contribution >= 0.6 is 0 Å². The minimum Gasteiger partial charge on any atom is -0.493 e. The molecule has 1 aliphatic rings. The number of rotatable bonds is 8. The van der Waals surface area contributed by atoms with Gasteiger partial charge in [-0.2, -0.15) is 5.10 Å². The highest BCUT2D eigenvalue weighted by Gasteiger charge is 2.26. The zero-order valence-electron chi connectivity index (χ0n) is 19.5. The predicted molar refractivity (Wildman–Crippen MR) is 132 cm³/mol. The fourth-order valence-electron chi connectivity index (χ4n) is 4.34. The summed E-state index contributed by atoms with van der Waals surface area (Å²) < 4.78 is 16.4. The highest BCUT2D eigenvalue weighted by molar-refractivity contribution is 5.86. The fraction of sp³-hybridized carbons (Fsp3) is 0.296. The highest BCUT2D eigenvalue weighted by atomic mass is 16.5. The molecule has 33 heavy (non-hydrogen) atoms. The van der Waals surface area contributed by atoms with Crippen molar-refractivity contribution in [3.8, 4) is 17.2 Å². The Labute approximate surface area is 196 Å². The average Bonchev–Trinajstić information content (AvgIpc) is 2.89. The number of benzene rings is 3. The van der Waals surface area contributed by atoms with E-state index in [0.717, 1.165) is 31.7 Å². The number of hydrazone groups is 1. The van der Waals surface area contributed by atoms with E-state index in [1.165, 1.54) is 11.1 Å². The summed E-state index contributed by atoms with van der Waals surface area (Å²) in [6.07, 6.45) is 1.84. The highest BCUT2D eigenvalue weighted by Crippen LogP contribution is 2.39. The summed E-state index contributed by atoms with van der Waals surface area (Å²) in [4.78, 5) is 2.54. The van der Waals surface area contributed by atoms with Gasteiger partial charge >= 0.3 is 0 Å². The van der Waals surface area contributed by atoms with Crippen LogP contribution in [-0.2, 0) is 0 Å². The predicted octanol–water partition coefficient (Wildman–Crippen LogP) is 4.45. The lowest BCUT2D eigenvalue weighted by Crippen LogP contribution is -2.45. The molecule has 0 aromatic heterocycles. The molecule has 172 valence electrons. The van der Waals surface area contributed by atoms with Crippen molar-refractivity contribution in [2.75, 3.05) is 47.5 Å². The van der Waals surface area contributed by atoms with Gasteiger partial charge in [-0.3, -0.25) is 9.91 Å². The van der Waals surface area contributed by atoms with Crippen molar-refractivity contribution in [3.63, 3.8) is 0 Å². The molecule has 1 aliphatic heterocycles. The van der Waals surface area contributed by atoms with Crippen molar-refractivity contribution in [2.24, 2.45) is 5.10 Å². The Morgan fingerprint density at radius 1 is 0.697 bits per heavy atom. The maximum absolute atomic E-state index is 5.57. The van der Waals surface area contributed by atoms with E-state index in [2.05, 4.69) is 70.6 Å². The normalized spacial score (nSPS) is 14.6. The number of methoxy groups -OCH3 is 3. The van der Waals surface area contributed by atoms with E-state index in [9.17, 15) is 0 Å². The smallest absolute Gasteiger partial charge is 0.203 e. The third-order valence-corrected chi connectivity index (χ3v) is 5.98. The van der Waals surface area contributed by atoms with Crippen molar-refractivity contribution in [1.82, 2.24) is 9.91 Å². The Morgan fingerprint density at radius 3 is 1.79 bits per heavy atom. The molecule has 6 nitrogen and oxygen atoms in total. The standard InChI is InChI=1S/C27H31N3O3/c1-31-24-15-14-23(26(32-2)27(24)33-3)20-28-30-18-16-29(17-19-30)25(21-10-6-4-7-11-21)22-12-8-5-9-13-22/h4-15,20,25H,16-19H2,1-3H3. The van der Waals surface area contributed by atoms with Crippen LogP contribution in [0.25, 0.3) is 0 Å². The first kappa shape index (κ1) is 22.7. The fourth-order valence-corrected chi connectivity index (χ4v) is 4.34. The topological polar surface area (TPSA) is 46.5 Å². The summed E-state index contributed by atoms with van der Waals surface area (Å²) in [6, 6.07) is 25.5. The zero-order valence-corrected chi connectivity index (χ0v) is 19.5. The lowest BCUT2D eigenvalue weighted by atomic mass is 9.96. The van der Waals surface area contributed by atoms with Crippen LogP contribution in [-0.4, -0.2) is 63.6 Å². The number of ether oxygens (including phenoxy) is 3. The monoisotopic (exact) mass is 445 g/mol. The third kappa shape index (κ3) is 5.12. The van der Waals surface area contributed by atoms with Gasteiger partial charge in [0, 0.05) is 31.7 Å². The van der Waals surface area contributed by atoms with Crippen molar-refractivity contribution in [1.29, 1.82) is 0 Å². The molecule has 0 saturated carbocycles. The van der Waals surface area contributed by atoms with Gasteiger partial charge in [0.2, 0.25) is 5.75 Å². The maximum atomic E-state index is 5.57. The van der Waals surface area contributed by atoms with Crippen molar-refractivity contribution in [2.45, 2.75) is 6.04 Å². The molecule has 0 spiro atoms. The van der Waals surface area contributed by atoms with Gasteiger partial charge in [-0.1, -0.05) is 60.7 Å². The maximum Gasteiger partial charge on any atom is 0.203 e. The molecule has 6 heteroatoms. The summed E-state index contributed by atoms with van der Waals surface area (Å²) in [5.41, 5.74) is 3.48. The van der Waals surface area contributed by atoms with Gasteiger partial charge in [0.25, 0.3) is 0 Å². The summed E-state index contributed by atoms with van der Waals surface area (Å²) in [5, 5.41) is 6.85. The third-order valence-electron chi connectivity index (χ3n) is 5.98. The van der Waals surface area contributed by atoms with Gasteiger partial charge in [0.1, 0.15) is 0 Å². The Balaban J connectivity index is 1.48. The van der Waals surface area contributed by atoms with Gasteiger partial charge in [-0.15, -0.1) is 0 Å². The van der Waals surface area contributed by atoms with Crippen LogP contribution in [0.4, 0.5) is 0 Å². The SMILES string of the molecule is COc1ccc(C=NN2CCN(C(c3ccccc3)c3ccccc3)CC2)c(OC)c1OC. The molecule has 0 unspecified atom stereocenters. The molecular formula is C27H31N3O3. The zero-order chi connectivity index (χ0) is 23.0. The molecule has 3 aromatic carbocycles. The average molecular weight is 446 g/mol. The molecule has 0 amide bonds. The number of hydrogen-bond donors (Lipinski definition) is 0. The Bertz CT molecular complexity index is 1010. The van der Waals surface area contributed by atoms with E-state index in [0.29, 0.717) is 17.2 Å². The molecule has 1 fully saturated rings. The van der Waals surface area contributed by atoms with Crippen molar-refractivity contribution in [3.05, 3.63) is 89.5 Å². The van der Waals surface area contributed by atoms with Gasteiger partial charge in [-0.05, 0) is 23.3 Å². The second-order valence-corrected chi connectivity index (χ2v) is 7.88. The molecule has 1 saturated heterocycles. The first-order valence-corrected chi connectivity index (χ1v) is 11.2. The van der Waals surface area contributed by atoms with E-state index in [4.69, 9.17) is 19.3 Å². The minimum atomic E-state index is 0.240. The molecule has 0 radical (unpaired) electrons. The van der Waals surface area contributed by atoms with Crippen LogP contribution < -0.4 is 14.2 Å². The molecule has 0 aliphatic carbocycles. The molecule has 1 heterocycles. The van der Waals surface area contributed by atoms with Gasteiger partial charge in [0.05, 0.1) is 33.6 Å². The molecule has 3 aromatic rings. The summed E-state index contributed by atoms with van der Waals surface area (Å²) >= 11 is 0. The van der Waals surface area contributed by atoms with E-state index in [-0.39, 0.29) is 6.04 Å². The lowest BCUT2D eigenvalue weighted by Gasteiger charge is -2.38. The number of nitrogens with zero attached hydrogens (tertiary/aromatic N) is 3. The van der Waals surface area contributed by atoms with Crippen LogP contribution in [0.2, 0.25) is 0 Å². The lowest BCUT2D eigenvalue weighted by molar-refractivity contribution is 0.113. The Kier molecular flexibility index (Phi) is 7.47. The summed E-state index contributed by atoms with van der Waals surface area (Å²) in [5.74, 6) is 1.82. The first-order chi connectivity index (χ1) is 16.2. The molecule has 4 rings (SSSR count). The Hall–Kier alpha value is -3.51. The van der Waals surface area contributed by atoms with Crippen LogP contribution in [0.1, 0.15) is 22.7 Å². The molecule has 0 atom stereocenters. The first-order valence-electron chi connectivity index (χ1n) is 11.2. The molecule has 0 N–H and O–H groups in total. The van der Waals surface area contributed by atoms with Crippen molar-refractivity contribution >= 4 is 6.21 Å². The molecule has 0 bridgehead atoms. The van der Waals surface area contributed by atoms with Gasteiger partial charge < -0.3 is 14.2 Å². The van der Waals surface area contributed by atoms with E-state index in [1.807, 2.05) is 18.3 Å². The van der Waals surface area contributed by atoms with E-state index in [1.54, 1.807) is 21.3 Å². The van der Waals surface area contributed by atoms with Crippen molar-refractivity contribution < 1.29 is 14.2 Å². The quantitative estimate of drug-likeness (QED) is 0.480. The van der Waals surface area contributed by atoms with E-state index >= 15 is 0 Å².